The van der Waals surface area contributed by atoms with Crippen molar-refractivity contribution < 1.29 is 10.0 Å². The highest BCUT2D eigenvalue weighted by Gasteiger charge is 2.26. The molecule has 0 bridgehead atoms. The van der Waals surface area contributed by atoms with Gasteiger partial charge in [-0.3, -0.25) is 10.1 Å². The molecule has 0 amide bonds. The molecule has 0 unspecified atom stereocenters. The van der Waals surface area contributed by atoms with Crippen molar-refractivity contribution in [1.29, 1.82) is 0 Å². The van der Waals surface area contributed by atoms with E-state index in [0.29, 0.717) is 10.1 Å². The summed E-state index contributed by atoms with van der Waals surface area (Å²) >= 11 is 3.21. The van der Waals surface area contributed by atoms with Gasteiger partial charge in [-0.05, 0) is 0 Å². The van der Waals surface area contributed by atoms with Gasteiger partial charge in [-0.15, -0.1) is 0 Å². The molecule has 0 atom stereocenters. The monoisotopic (exact) mass is 273 g/mol. The van der Waals surface area contributed by atoms with Crippen LogP contribution in [0, 0.1) is 15.5 Å². The maximum atomic E-state index is 10.9. The molecule has 0 heterocycles. The Morgan fingerprint density at radius 1 is 1.60 bits per heavy atom. The Hall–Kier alpha value is -0.940. The minimum atomic E-state index is -0.471. The van der Waals surface area contributed by atoms with E-state index in [1.165, 1.54) is 0 Å². The van der Waals surface area contributed by atoms with Crippen LogP contribution in [0.3, 0.4) is 0 Å². The number of aliphatic hydroxyl groups excluding tert-OH is 1. The van der Waals surface area contributed by atoms with Gasteiger partial charge in [0.15, 0.2) is 0 Å². The summed E-state index contributed by atoms with van der Waals surface area (Å²) in [5, 5.41) is 20.0. The van der Waals surface area contributed by atoms with Crippen LogP contribution in [0.25, 0.3) is 0 Å². The van der Waals surface area contributed by atoms with Crippen molar-refractivity contribution in [1.82, 2.24) is 0 Å². The van der Waals surface area contributed by atoms with Gasteiger partial charge in [-0.25, -0.2) is 0 Å². The van der Waals surface area contributed by atoms with Gasteiger partial charge < -0.3 is 5.11 Å². The zero-order chi connectivity index (χ0) is 11.6. The summed E-state index contributed by atoms with van der Waals surface area (Å²) < 4.78 is 0.554. The van der Waals surface area contributed by atoms with Gasteiger partial charge >= 0.3 is 0 Å². The number of aliphatic hydroxyl groups is 1. The van der Waals surface area contributed by atoms with Gasteiger partial charge in [0.2, 0.25) is 0 Å². The van der Waals surface area contributed by atoms with Crippen molar-refractivity contribution in [2.75, 3.05) is 6.61 Å². The van der Waals surface area contributed by atoms with E-state index in [4.69, 9.17) is 5.11 Å². The average Bonchev–Trinajstić information content (AvgIpc) is 2.24. The predicted octanol–water partition coefficient (Wildman–Crippen LogP) is 2.38. The Morgan fingerprint density at radius 3 is 2.67 bits per heavy atom. The molecule has 1 aliphatic carbocycles. The minimum absolute atomic E-state index is 0.0422. The summed E-state index contributed by atoms with van der Waals surface area (Å²) in [7, 11) is 0. The van der Waals surface area contributed by atoms with Crippen LogP contribution in [0.5, 0.6) is 0 Å². The molecule has 0 aromatic heterocycles. The summed E-state index contributed by atoms with van der Waals surface area (Å²) in [6.07, 6.45) is 5.13. The molecule has 0 aliphatic heterocycles. The van der Waals surface area contributed by atoms with Crippen molar-refractivity contribution >= 4 is 15.9 Å². The maximum Gasteiger partial charge on any atom is 0.272 e. The standard InChI is InChI=1S/C10H12BrNO3/c1-10(2)4-3-8(11)7(6-13)9(5-10)12(14)15/h3-5,13H,6H2,1-2H3. The van der Waals surface area contributed by atoms with Gasteiger partial charge in [-0.1, -0.05) is 41.9 Å². The molecule has 0 aromatic rings. The van der Waals surface area contributed by atoms with Crippen molar-refractivity contribution in [3.05, 3.63) is 44.1 Å². The number of nitrogens with zero attached hydrogens (tertiary/aromatic N) is 1. The van der Waals surface area contributed by atoms with Gasteiger partial charge in [0.1, 0.15) is 0 Å². The molecule has 4 nitrogen and oxygen atoms in total. The first-order valence-electron chi connectivity index (χ1n) is 4.44. The summed E-state index contributed by atoms with van der Waals surface area (Å²) in [5.41, 5.74) is -0.126. The molecule has 0 fully saturated rings. The zero-order valence-electron chi connectivity index (χ0n) is 8.53. The number of hydrogen-bond donors (Lipinski definition) is 1. The number of rotatable bonds is 2. The van der Waals surface area contributed by atoms with Crippen LogP contribution < -0.4 is 0 Å². The Morgan fingerprint density at radius 2 is 2.20 bits per heavy atom. The van der Waals surface area contributed by atoms with Gasteiger partial charge in [0, 0.05) is 16.0 Å². The van der Waals surface area contributed by atoms with E-state index in [9.17, 15) is 10.1 Å². The molecule has 0 saturated heterocycles. The van der Waals surface area contributed by atoms with E-state index < -0.39 is 10.3 Å². The highest BCUT2D eigenvalue weighted by Crippen LogP contribution is 2.32. The van der Waals surface area contributed by atoms with Crippen molar-refractivity contribution in [3.63, 3.8) is 0 Å². The lowest BCUT2D eigenvalue weighted by Crippen LogP contribution is -2.10. The molecular formula is C10H12BrNO3. The molecule has 82 valence electrons. The van der Waals surface area contributed by atoms with E-state index in [1.54, 1.807) is 12.2 Å². The maximum absolute atomic E-state index is 10.9. The Labute approximate surface area is 96.3 Å². The highest BCUT2D eigenvalue weighted by molar-refractivity contribution is 9.11. The molecule has 15 heavy (non-hydrogen) atoms. The second-order valence-corrected chi connectivity index (χ2v) is 4.78. The van der Waals surface area contributed by atoms with Gasteiger partial charge in [0.25, 0.3) is 5.70 Å². The van der Waals surface area contributed by atoms with Gasteiger partial charge in [0.05, 0.1) is 17.1 Å². The lowest BCUT2D eigenvalue weighted by molar-refractivity contribution is -0.421. The molecule has 1 aliphatic rings. The number of halogens is 1. The normalized spacial score (nSPS) is 19.9. The molecular weight excluding hydrogens is 262 g/mol. The third-order valence-corrected chi connectivity index (χ3v) is 2.86. The van der Waals surface area contributed by atoms with E-state index in [0.717, 1.165) is 0 Å². The fraction of sp³-hybridized carbons (Fsp3) is 0.400. The highest BCUT2D eigenvalue weighted by atomic mass is 79.9. The average molecular weight is 274 g/mol. The van der Waals surface area contributed by atoms with E-state index in [2.05, 4.69) is 15.9 Å². The van der Waals surface area contributed by atoms with Crippen LogP contribution in [-0.4, -0.2) is 16.6 Å². The molecule has 0 saturated carbocycles. The Bertz CT molecular complexity index is 380. The van der Waals surface area contributed by atoms with Crippen LogP contribution in [0.1, 0.15) is 13.8 Å². The van der Waals surface area contributed by atoms with Crippen molar-refractivity contribution in [3.8, 4) is 0 Å². The summed E-state index contributed by atoms with van der Waals surface area (Å²) in [6, 6.07) is 0. The smallest absolute Gasteiger partial charge is 0.272 e. The number of hydrogen-bond acceptors (Lipinski definition) is 3. The third kappa shape index (κ3) is 2.76. The Kier molecular flexibility index (Phi) is 3.46. The van der Waals surface area contributed by atoms with Crippen LogP contribution >= 0.6 is 15.9 Å². The lowest BCUT2D eigenvalue weighted by Gasteiger charge is -2.12. The minimum Gasteiger partial charge on any atom is -0.391 e. The first-order chi connectivity index (χ1) is 6.87. The molecule has 1 rings (SSSR count). The fourth-order valence-electron chi connectivity index (χ4n) is 1.32. The first-order valence-corrected chi connectivity index (χ1v) is 5.23. The second-order valence-electron chi connectivity index (χ2n) is 3.93. The topological polar surface area (TPSA) is 63.4 Å². The fourth-order valence-corrected chi connectivity index (χ4v) is 1.78. The quantitative estimate of drug-likeness (QED) is 0.621. The number of nitro groups is 1. The summed E-state index contributed by atoms with van der Waals surface area (Å²) in [4.78, 5) is 10.4. The van der Waals surface area contributed by atoms with Crippen LogP contribution in [0.15, 0.2) is 34.0 Å². The predicted molar refractivity (Wildman–Crippen MR) is 61.0 cm³/mol. The van der Waals surface area contributed by atoms with Crippen molar-refractivity contribution in [2.24, 2.45) is 5.41 Å². The van der Waals surface area contributed by atoms with Crippen LogP contribution in [0.2, 0.25) is 0 Å². The molecule has 0 spiro atoms. The molecule has 1 N–H and O–H groups in total. The lowest BCUT2D eigenvalue weighted by atomic mass is 9.92. The van der Waals surface area contributed by atoms with E-state index in [-0.39, 0.29) is 12.3 Å². The summed E-state index contributed by atoms with van der Waals surface area (Å²) in [6.45, 7) is 3.38. The number of allylic oxidation sites excluding steroid dienone is 4. The van der Waals surface area contributed by atoms with Crippen LogP contribution in [-0.2, 0) is 0 Å². The first kappa shape index (κ1) is 12.1. The molecule has 5 heteroatoms. The van der Waals surface area contributed by atoms with Crippen molar-refractivity contribution in [2.45, 2.75) is 13.8 Å². The van der Waals surface area contributed by atoms with Gasteiger partial charge in [-0.2, -0.15) is 0 Å². The Balaban J connectivity index is 3.34. The largest absolute Gasteiger partial charge is 0.391 e. The molecule has 0 radical (unpaired) electrons. The third-order valence-electron chi connectivity index (χ3n) is 2.12. The second kappa shape index (κ2) is 4.28. The van der Waals surface area contributed by atoms with E-state index >= 15 is 0 Å². The zero-order valence-corrected chi connectivity index (χ0v) is 10.1. The van der Waals surface area contributed by atoms with E-state index in [1.807, 2.05) is 19.9 Å². The summed E-state index contributed by atoms with van der Waals surface area (Å²) in [5.74, 6) is 0. The molecule has 0 aromatic carbocycles. The van der Waals surface area contributed by atoms with Crippen LogP contribution in [0.4, 0.5) is 0 Å². The SMILES string of the molecule is CC1(C)C=CC(Br)=C(CO)C([N+](=O)[O-])=C1.